The zero-order chi connectivity index (χ0) is 14.7. The molecule has 104 valence electrons. The monoisotopic (exact) mass is 291 g/mol. The van der Waals surface area contributed by atoms with Gasteiger partial charge in [0.2, 0.25) is 0 Å². The van der Waals surface area contributed by atoms with Gasteiger partial charge in [0.15, 0.2) is 0 Å². The molecule has 0 saturated carbocycles. The minimum Gasteiger partial charge on any atom is -0.369 e. The van der Waals surface area contributed by atoms with E-state index in [2.05, 4.69) is 4.98 Å². The van der Waals surface area contributed by atoms with Crippen molar-refractivity contribution in [1.82, 2.24) is 4.98 Å². The van der Waals surface area contributed by atoms with Crippen LogP contribution in [0.5, 0.6) is 0 Å². The quantitative estimate of drug-likeness (QED) is 0.638. The molecule has 2 aromatic rings. The molecule has 0 aliphatic heterocycles. The third-order valence-corrected chi connectivity index (χ3v) is 3.29. The fourth-order valence-corrected chi connectivity index (χ4v) is 2.55. The molecule has 2 rings (SSSR count). The summed E-state index contributed by atoms with van der Waals surface area (Å²) in [5, 5.41) is 11.2. The lowest BCUT2D eigenvalue weighted by Gasteiger charge is -2.22. The van der Waals surface area contributed by atoms with Crippen LogP contribution in [0.4, 0.5) is 11.4 Å². The summed E-state index contributed by atoms with van der Waals surface area (Å²) in [7, 11) is 1.90. The first-order chi connectivity index (χ1) is 9.49. The molecule has 0 radical (unpaired) electrons. The van der Waals surface area contributed by atoms with Gasteiger partial charge in [-0.15, -0.1) is 0 Å². The van der Waals surface area contributed by atoms with Crippen molar-refractivity contribution in [3.05, 3.63) is 62.9 Å². The Morgan fingerprint density at radius 2 is 2.00 bits per heavy atom. The van der Waals surface area contributed by atoms with E-state index in [0.29, 0.717) is 11.6 Å². The van der Waals surface area contributed by atoms with Crippen molar-refractivity contribution in [2.45, 2.75) is 13.5 Å². The summed E-state index contributed by atoms with van der Waals surface area (Å²) < 4.78 is 0. The fraction of sp³-hybridized carbons (Fsp3) is 0.214. The van der Waals surface area contributed by atoms with Crippen molar-refractivity contribution >= 4 is 23.0 Å². The van der Waals surface area contributed by atoms with Crippen LogP contribution in [0.15, 0.2) is 36.7 Å². The van der Waals surface area contributed by atoms with Crippen molar-refractivity contribution in [2.24, 2.45) is 0 Å². The van der Waals surface area contributed by atoms with Crippen molar-refractivity contribution in [3.63, 3.8) is 0 Å². The van der Waals surface area contributed by atoms with Crippen LogP contribution in [0.3, 0.4) is 0 Å². The minimum absolute atomic E-state index is 0.00793. The van der Waals surface area contributed by atoms with E-state index in [4.69, 9.17) is 11.6 Å². The number of hydrogen-bond donors (Lipinski definition) is 0. The molecule has 0 amide bonds. The van der Waals surface area contributed by atoms with Crippen LogP contribution >= 0.6 is 11.6 Å². The highest BCUT2D eigenvalue weighted by atomic mass is 35.5. The van der Waals surface area contributed by atoms with Gasteiger partial charge in [-0.25, -0.2) is 0 Å². The number of aryl methyl sites for hydroxylation is 1. The topological polar surface area (TPSA) is 59.3 Å². The lowest BCUT2D eigenvalue weighted by molar-refractivity contribution is -0.384. The van der Waals surface area contributed by atoms with Gasteiger partial charge in [0.1, 0.15) is 0 Å². The maximum Gasteiger partial charge on any atom is 0.271 e. The number of nitro benzene ring substituents is 1. The Morgan fingerprint density at radius 3 is 2.55 bits per heavy atom. The maximum atomic E-state index is 10.8. The average molecular weight is 292 g/mol. The first-order valence-corrected chi connectivity index (χ1v) is 6.41. The van der Waals surface area contributed by atoms with Gasteiger partial charge >= 0.3 is 0 Å². The number of anilines is 1. The van der Waals surface area contributed by atoms with Gasteiger partial charge in [-0.05, 0) is 30.2 Å². The number of pyridine rings is 1. The van der Waals surface area contributed by atoms with E-state index in [1.165, 1.54) is 12.1 Å². The van der Waals surface area contributed by atoms with E-state index >= 15 is 0 Å². The molecule has 5 nitrogen and oxygen atoms in total. The smallest absolute Gasteiger partial charge is 0.271 e. The second kappa shape index (κ2) is 5.88. The van der Waals surface area contributed by atoms with Gasteiger partial charge in [0.05, 0.1) is 15.6 Å². The highest BCUT2D eigenvalue weighted by Crippen LogP contribution is 2.33. The molecule has 0 spiro atoms. The van der Waals surface area contributed by atoms with Crippen molar-refractivity contribution in [3.8, 4) is 0 Å². The van der Waals surface area contributed by atoms with Crippen molar-refractivity contribution in [2.75, 3.05) is 11.9 Å². The summed E-state index contributed by atoms with van der Waals surface area (Å²) in [6.07, 6.45) is 3.46. The first kappa shape index (κ1) is 14.3. The summed E-state index contributed by atoms with van der Waals surface area (Å²) >= 11 is 6.18. The van der Waals surface area contributed by atoms with E-state index in [1.807, 2.05) is 31.0 Å². The summed E-state index contributed by atoms with van der Waals surface area (Å²) in [6, 6.07) is 6.76. The van der Waals surface area contributed by atoms with Crippen LogP contribution in [-0.2, 0) is 6.54 Å². The fourth-order valence-electron chi connectivity index (χ4n) is 2.15. The number of halogens is 1. The van der Waals surface area contributed by atoms with Crippen LogP contribution in [0.1, 0.15) is 11.1 Å². The summed E-state index contributed by atoms with van der Waals surface area (Å²) in [5.74, 6) is 0. The van der Waals surface area contributed by atoms with Gasteiger partial charge in [-0.1, -0.05) is 11.6 Å². The van der Waals surface area contributed by atoms with Crippen LogP contribution in [0.2, 0.25) is 5.02 Å². The number of benzene rings is 1. The standard InChI is InChI=1S/C14H14ClN3O2/c1-10-7-12(18(19)20)8-13(15)14(10)17(2)9-11-3-5-16-6-4-11/h3-8H,9H2,1-2H3. The number of nitro groups is 1. The van der Waals surface area contributed by atoms with E-state index < -0.39 is 4.92 Å². The average Bonchev–Trinajstić information content (AvgIpc) is 2.38. The molecular formula is C14H14ClN3O2. The molecule has 0 aliphatic carbocycles. The largest absolute Gasteiger partial charge is 0.369 e. The molecule has 0 atom stereocenters. The van der Waals surface area contributed by atoms with Gasteiger partial charge in [-0.2, -0.15) is 0 Å². The van der Waals surface area contributed by atoms with E-state index in [-0.39, 0.29) is 5.69 Å². The van der Waals surface area contributed by atoms with E-state index in [9.17, 15) is 10.1 Å². The van der Waals surface area contributed by atoms with E-state index in [1.54, 1.807) is 12.4 Å². The summed E-state index contributed by atoms with van der Waals surface area (Å²) in [4.78, 5) is 16.3. The lowest BCUT2D eigenvalue weighted by Crippen LogP contribution is -2.18. The molecule has 1 aromatic heterocycles. The molecule has 1 heterocycles. The predicted octanol–water partition coefficient (Wildman–Crippen LogP) is 3.59. The lowest BCUT2D eigenvalue weighted by atomic mass is 10.1. The summed E-state index contributed by atoms with van der Waals surface area (Å²) in [5.41, 5.74) is 2.68. The normalized spacial score (nSPS) is 10.3. The minimum atomic E-state index is -0.439. The molecule has 0 N–H and O–H groups in total. The first-order valence-electron chi connectivity index (χ1n) is 6.03. The Bertz CT molecular complexity index is 609. The third kappa shape index (κ3) is 3.05. The van der Waals surface area contributed by atoms with Crippen molar-refractivity contribution < 1.29 is 4.92 Å². The summed E-state index contributed by atoms with van der Waals surface area (Å²) in [6.45, 7) is 2.47. The number of aromatic nitrogens is 1. The highest BCUT2D eigenvalue weighted by molar-refractivity contribution is 6.33. The Balaban J connectivity index is 2.30. The molecule has 1 aromatic carbocycles. The molecule has 0 unspecified atom stereocenters. The van der Waals surface area contributed by atoms with Crippen LogP contribution in [-0.4, -0.2) is 17.0 Å². The Morgan fingerprint density at radius 1 is 1.35 bits per heavy atom. The zero-order valence-electron chi connectivity index (χ0n) is 11.2. The Kier molecular flexibility index (Phi) is 4.20. The molecule has 20 heavy (non-hydrogen) atoms. The second-order valence-electron chi connectivity index (χ2n) is 4.56. The predicted molar refractivity (Wildman–Crippen MR) is 79.2 cm³/mol. The molecule has 0 saturated heterocycles. The molecule has 0 bridgehead atoms. The molecule has 0 aliphatic rings. The second-order valence-corrected chi connectivity index (χ2v) is 4.97. The van der Waals surface area contributed by atoms with Gasteiger partial charge < -0.3 is 4.90 Å². The Hall–Kier alpha value is -2.14. The zero-order valence-corrected chi connectivity index (χ0v) is 12.0. The van der Waals surface area contributed by atoms with E-state index in [0.717, 1.165) is 16.8 Å². The van der Waals surface area contributed by atoms with Crippen LogP contribution < -0.4 is 4.90 Å². The SMILES string of the molecule is Cc1cc([N+](=O)[O-])cc(Cl)c1N(C)Cc1ccncc1. The number of nitrogens with zero attached hydrogens (tertiary/aromatic N) is 3. The van der Waals surface area contributed by atoms with Gasteiger partial charge in [-0.3, -0.25) is 15.1 Å². The maximum absolute atomic E-state index is 10.8. The Labute approximate surface area is 122 Å². The number of non-ortho nitro benzene ring substituents is 1. The van der Waals surface area contributed by atoms with Gasteiger partial charge in [0.25, 0.3) is 5.69 Å². The number of rotatable bonds is 4. The third-order valence-electron chi connectivity index (χ3n) is 3.00. The number of hydrogen-bond acceptors (Lipinski definition) is 4. The van der Waals surface area contributed by atoms with Gasteiger partial charge in [0, 0.05) is 38.1 Å². The van der Waals surface area contributed by atoms with Crippen LogP contribution in [0.25, 0.3) is 0 Å². The van der Waals surface area contributed by atoms with Crippen molar-refractivity contribution in [1.29, 1.82) is 0 Å². The highest BCUT2D eigenvalue weighted by Gasteiger charge is 2.16. The molecular weight excluding hydrogens is 278 g/mol. The van der Waals surface area contributed by atoms with Crippen LogP contribution in [0, 0.1) is 17.0 Å². The molecule has 6 heteroatoms. The molecule has 0 fully saturated rings.